The van der Waals surface area contributed by atoms with Gasteiger partial charge in [0, 0.05) is 7.11 Å². The van der Waals surface area contributed by atoms with E-state index in [1.807, 2.05) is 13.8 Å². The Labute approximate surface area is 118 Å². The van der Waals surface area contributed by atoms with E-state index in [-0.39, 0.29) is 12.1 Å². The highest BCUT2D eigenvalue weighted by Crippen LogP contribution is 2.24. The summed E-state index contributed by atoms with van der Waals surface area (Å²) in [5, 5.41) is 0. The zero-order valence-corrected chi connectivity index (χ0v) is 13.6. The molecule has 0 bridgehead atoms. The van der Waals surface area contributed by atoms with Crippen molar-refractivity contribution in [3.8, 4) is 0 Å². The standard InChI is InChI=1S/C16H30O3/c1-11(2)8-14(9-12(3)4)15(10-18-7)16(17)19-13(5)6/h11-13H,8-10H2,1-7H3. The first kappa shape index (κ1) is 18.2. The molecule has 0 aromatic heterocycles. The van der Waals surface area contributed by atoms with Gasteiger partial charge >= 0.3 is 5.97 Å². The molecular weight excluding hydrogens is 240 g/mol. The van der Waals surface area contributed by atoms with Gasteiger partial charge in [-0.2, -0.15) is 0 Å². The third-order valence-electron chi connectivity index (χ3n) is 2.61. The van der Waals surface area contributed by atoms with Gasteiger partial charge in [0.05, 0.1) is 18.3 Å². The summed E-state index contributed by atoms with van der Waals surface area (Å²) in [5.74, 6) is 0.813. The molecule has 3 heteroatoms. The van der Waals surface area contributed by atoms with Crippen LogP contribution in [0, 0.1) is 11.8 Å². The molecule has 0 aliphatic heterocycles. The van der Waals surface area contributed by atoms with Crippen molar-refractivity contribution in [2.24, 2.45) is 11.8 Å². The van der Waals surface area contributed by atoms with Crippen LogP contribution in [0.2, 0.25) is 0 Å². The Balaban J connectivity index is 5.25. The summed E-state index contributed by atoms with van der Waals surface area (Å²) >= 11 is 0. The fourth-order valence-electron chi connectivity index (χ4n) is 2.05. The molecule has 0 saturated carbocycles. The lowest BCUT2D eigenvalue weighted by Crippen LogP contribution is -2.19. The number of carbonyl (C=O) groups is 1. The van der Waals surface area contributed by atoms with Crippen molar-refractivity contribution < 1.29 is 14.3 Å². The van der Waals surface area contributed by atoms with Crippen LogP contribution < -0.4 is 0 Å². The summed E-state index contributed by atoms with van der Waals surface area (Å²) in [6, 6.07) is 0. The predicted molar refractivity (Wildman–Crippen MR) is 79.0 cm³/mol. The zero-order chi connectivity index (χ0) is 15.0. The second kappa shape index (κ2) is 9.13. The van der Waals surface area contributed by atoms with Crippen LogP contribution in [-0.4, -0.2) is 25.8 Å². The van der Waals surface area contributed by atoms with Crippen molar-refractivity contribution in [1.82, 2.24) is 0 Å². The van der Waals surface area contributed by atoms with E-state index in [9.17, 15) is 4.79 Å². The molecule has 0 spiro atoms. The van der Waals surface area contributed by atoms with Crippen molar-refractivity contribution >= 4 is 5.97 Å². The van der Waals surface area contributed by atoms with Gasteiger partial charge in [-0.15, -0.1) is 0 Å². The molecule has 0 N–H and O–H groups in total. The van der Waals surface area contributed by atoms with E-state index in [2.05, 4.69) is 27.7 Å². The van der Waals surface area contributed by atoms with Gasteiger partial charge < -0.3 is 9.47 Å². The molecule has 19 heavy (non-hydrogen) atoms. The summed E-state index contributed by atoms with van der Waals surface area (Å²) in [6.07, 6.45) is 1.74. The van der Waals surface area contributed by atoms with Gasteiger partial charge in [-0.1, -0.05) is 33.3 Å². The molecule has 0 heterocycles. The molecule has 0 rings (SSSR count). The zero-order valence-electron chi connectivity index (χ0n) is 13.6. The summed E-state index contributed by atoms with van der Waals surface area (Å²) in [6.45, 7) is 12.7. The number of esters is 1. The Morgan fingerprint density at radius 2 is 1.42 bits per heavy atom. The van der Waals surface area contributed by atoms with Crippen molar-refractivity contribution in [1.29, 1.82) is 0 Å². The van der Waals surface area contributed by atoms with Crippen LogP contribution in [0.5, 0.6) is 0 Å². The summed E-state index contributed by atoms with van der Waals surface area (Å²) in [5.41, 5.74) is 1.89. The molecule has 0 saturated heterocycles. The molecule has 0 amide bonds. The summed E-state index contributed by atoms with van der Waals surface area (Å²) in [7, 11) is 1.62. The molecule has 0 aliphatic carbocycles. The molecule has 0 fully saturated rings. The van der Waals surface area contributed by atoms with E-state index in [0.717, 1.165) is 12.8 Å². The van der Waals surface area contributed by atoms with E-state index >= 15 is 0 Å². The maximum absolute atomic E-state index is 12.2. The van der Waals surface area contributed by atoms with Crippen LogP contribution in [0.25, 0.3) is 0 Å². The molecule has 0 aliphatic rings. The van der Waals surface area contributed by atoms with Gasteiger partial charge in [0.2, 0.25) is 0 Å². The molecule has 0 unspecified atom stereocenters. The fraction of sp³-hybridized carbons (Fsp3) is 0.812. The second-order valence-electron chi connectivity index (χ2n) is 6.17. The van der Waals surface area contributed by atoms with E-state index in [1.165, 1.54) is 5.57 Å². The Morgan fingerprint density at radius 3 is 1.74 bits per heavy atom. The first-order valence-corrected chi connectivity index (χ1v) is 7.18. The minimum Gasteiger partial charge on any atom is -0.460 e. The van der Waals surface area contributed by atoms with Gasteiger partial charge in [-0.25, -0.2) is 4.79 Å². The van der Waals surface area contributed by atoms with Gasteiger partial charge in [0.15, 0.2) is 0 Å². The average molecular weight is 270 g/mol. The highest BCUT2D eigenvalue weighted by atomic mass is 16.5. The number of methoxy groups -OCH3 is 1. The van der Waals surface area contributed by atoms with Crippen LogP contribution in [0.3, 0.4) is 0 Å². The maximum atomic E-state index is 12.2. The highest BCUT2D eigenvalue weighted by molar-refractivity contribution is 5.89. The van der Waals surface area contributed by atoms with E-state index in [0.29, 0.717) is 24.0 Å². The average Bonchev–Trinajstić information content (AvgIpc) is 2.22. The minimum atomic E-state index is -0.229. The predicted octanol–water partition coefficient (Wildman–Crippen LogP) is 3.97. The van der Waals surface area contributed by atoms with Crippen LogP contribution in [0.15, 0.2) is 11.1 Å². The van der Waals surface area contributed by atoms with Crippen LogP contribution in [0.4, 0.5) is 0 Å². The van der Waals surface area contributed by atoms with Crippen LogP contribution in [-0.2, 0) is 14.3 Å². The Hall–Kier alpha value is -0.830. The Kier molecular flexibility index (Phi) is 8.73. The topological polar surface area (TPSA) is 35.5 Å². The normalized spacial score (nSPS) is 11.3. The number of hydrogen-bond donors (Lipinski definition) is 0. The lowest BCUT2D eigenvalue weighted by molar-refractivity contribution is -0.143. The number of hydrogen-bond acceptors (Lipinski definition) is 3. The summed E-state index contributed by atoms with van der Waals surface area (Å²) < 4.78 is 10.5. The minimum absolute atomic E-state index is 0.0984. The molecule has 0 atom stereocenters. The molecular formula is C16H30O3. The third kappa shape index (κ3) is 8.04. The van der Waals surface area contributed by atoms with E-state index in [1.54, 1.807) is 7.11 Å². The maximum Gasteiger partial charge on any atom is 0.336 e. The number of rotatable bonds is 8. The SMILES string of the molecule is COCC(C(=O)OC(C)C)=C(CC(C)C)CC(C)C. The first-order valence-electron chi connectivity index (χ1n) is 7.18. The van der Waals surface area contributed by atoms with Crippen molar-refractivity contribution in [3.05, 3.63) is 11.1 Å². The quantitative estimate of drug-likeness (QED) is 0.494. The number of allylic oxidation sites excluding steroid dienone is 1. The first-order chi connectivity index (χ1) is 8.77. The van der Waals surface area contributed by atoms with Gasteiger partial charge in [-0.05, 0) is 38.5 Å². The second-order valence-corrected chi connectivity index (χ2v) is 6.17. The van der Waals surface area contributed by atoms with Crippen molar-refractivity contribution in [2.45, 2.75) is 60.5 Å². The summed E-state index contributed by atoms with van der Waals surface area (Å²) in [4.78, 5) is 12.2. The molecule has 0 aromatic rings. The van der Waals surface area contributed by atoms with Gasteiger partial charge in [0.25, 0.3) is 0 Å². The number of carbonyl (C=O) groups excluding carboxylic acids is 1. The Bertz CT molecular complexity index is 289. The monoisotopic (exact) mass is 270 g/mol. The highest BCUT2D eigenvalue weighted by Gasteiger charge is 2.19. The van der Waals surface area contributed by atoms with Crippen LogP contribution in [0.1, 0.15) is 54.4 Å². The largest absolute Gasteiger partial charge is 0.460 e. The lowest BCUT2D eigenvalue weighted by Gasteiger charge is -2.19. The Morgan fingerprint density at radius 1 is 0.947 bits per heavy atom. The molecule has 0 aromatic carbocycles. The number of ether oxygens (including phenoxy) is 2. The molecule has 0 radical (unpaired) electrons. The van der Waals surface area contributed by atoms with Crippen molar-refractivity contribution in [2.75, 3.05) is 13.7 Å². The third-order valence-corrected chi connectivity index (χ3v) is 2.61. The molecule has 3 nitrogen and oxygen atoms in total. The van der Waals surface area contributed by atoms with Crippen molar-refractivity contribution in [3.63, 3.8) is 0 Å². The molecule has 112 valence electrons. The van der Waals surface area contributed by atoms with E-state index in [4.69, 9.17) is 9.47 Å². The smallest absolute Gasteiger partial charge is 0.336 e. The van der Waals surface area contributed by atoms with Crippen LogP contribution >= 0.6 is 0 Å². The fourth-order valence-corrected chi connectivity index (χ4v) is 2.05. The lowest BCUT2D eigenvalue weighted by atomic mass is 9.91. The van der Waals surface area contributed by atoms with Gasteiger partial charge in [0.1, 0.15) is 0 Å². The van der Waals surface area contributed by atoms with Gasteiger partial charge in [-0.3, -0.25) is 0 Å². The van der Waals surface area contributed by atoms with E-state index < -0.39 is 0 Å².